The van der Waals surface area contributed by atoms with Crippen LogP contribution in [-0.4, -0.2) is 9.97 Å². The van der Waals surface area contributed by atoms with Gasteiger partial charge in [0.25, 0.3) is 11.1 Å². The van der Waals surface area contributed by atoms with E-state index in [9.17, 15) is 9.59 Å². The molecule has 6 rings (SSSR count). The molecule has 4 aromatic carbocycles. The summed E-state index contributed by atoms with van der Waals surface area (Å²) >= 11 is 7.15. The molecule has 0 saturated carbocycles. The normalized spacial score (nSPS) is 11.7. The predicted octanol–water partition coefficient (Wildman–Crippen LogP) is 5.96. The van der Waals surface area contributed by atoms with Crippen molar-refractivity contribution in [2.75, 3.05) is 0 Å². The second-order valence-corrected chi connectivity index (χ2v) is 9.27. The van der Waals surface area contributed by atoms with E-state index < -0.39 is 11.1 Å². The zero-order chi connectivity index (χ0) is 22.0. The van der Waals surface area contributed by atoms with Gasteiger partial charge in [0.1, 0.15) is 0 Å². The van der Waals surface area contributed by atoms with E-state index in [4.69, 9.17) is 0 Å². The van der Waals surface area contributed by atoms with Crippen LogP contribution in [0.5, 0.6) is 0 Å². The predicted molar refractivity (Wildman–Crippen MR) is 134 cm³/mol. The molecule has 4 aromatic rings. The van der Waals surface area contributed by atoms with E-state index in [2.05, 4.69) is 41.8 Å². The maximum absolute atomic E-state index is 13.1. The summed E-state index contributed by atoms with van der Waals surface area (Å²) in [6, 6.07) is 23.2. The lowest BCUT2D eigenvalue weighted by atomic mass is 10.00. The van der Waals surface area contributed by atoms with Crippen LogP contribution in [0.1, 0.15) is 0 Å². The summed E-state index contributed by atoms with van der Waals surface area (Å²) in [7, 11) is 0. The van der Waals surface area contributed by atoms with E-state index in [1.165, 1.54) is 0 Å². The number of hydrogen-bond donors (Lipinski definition) is 0. The SMILES string of the molecule is O=c1nc(-c2ccc(Br)c3ccccc23)c2c(=O)nc(-c3ccc(Br)c4ccccc34)c1=2. The number of nitrogens with zero attached hydrogens (tertiary/aromatic N) is 2. The topological polar surface area (TPSA) is 59.9 Å². The third-order valence-corrected chi connectivity index (χ3v) is 7.21. The minimum absolute atomic E-state index is 0.282. The Morgan fingerprint density at radius 1 is 0.500 bits per heavy atom. The molecule has 4 nitrogen and oxygen atoms in total. The van der Waals surface area contributed by atoms with Gasteiger partial charge >= 0.3 is 0 Å². The molecular weight excluding hydrogens is 532 g/mol. The van der Waals surface area contributed by atoms with Crippen LogP contribution in [0.4, 0.5) is 0 Å². The Kier molecular flexibility index (Phi) is 4.35. The van der Waals surface area contributed by atoms with Gasteiger partial charge in [0.05, 0.1) is 21.8 Å². The summed E-state index contributed by atoms with van der Waals surface area (Å²) in [6.45, 7) is 0. The summed E-state index contributed by atoms with van der Waals surface area (Å²) < 4.78 is 1.87. The van der Waals surface area contributed by atoms with Crippen molar-refractivity contribution >= 4 is 53.4 Å². The van der Waals surface area contributed by atoms with Crippen LogP contribution in [0, 0.1) is 10.4 Å². The lowest BCUT2D eigenvalue weighted by molar-refractivity contribution is 1.23. The van der Waals surface area contributed by atoms with Crippen molar-refractivity contribution in [1.29, 1.82) is 0 Å². The van der Waals surface area contributed by atoms with Crippen LogP contribution in [0.2, 0.25) is 0 Å². The van der Waals surface area contributed by atoms with Crippen molar-refractivity contribution in [3.05, 3.63) is 113 Å². The molecule has 0 N–H and O–H groups in total. The van der Waals surface area contributed by atoms with Gasteiger partial charge in [0.2, 0.25) is 0 Å². The van der Waals surface area contributed by atoms with Crippen LogP contribution in [-0.2, 0) is 0 Å². The van der Waals surface area contributed by atoms with E-state index in [1.54, 1.807) is 0 Å². The third kappa shape index (κ3) is 2.73. The fourth-order valence-corrected chi connectivity index (χ4v) is 5.36. The van der Waals surface area contributed by atoms with Crippen LogP contribution in [0.25, 0.3) is 44.1 Å². The van der Waals surface area contributed by atoms with Crippen molar-refractivity contribution in [1.82, 2.24) is 9.97 Å². The minimum atomic E-state index is -0.432. The Morgan fingerprint density at radius 3 is 1.28 bits per heavy atom. The van der Waals surface area contributed by atoms with Crippen LogP contribution in [0.3, 0.4) is 0 Å². The highest BCUT2D eigenvalue weighted by Gasteiger charge is 2.22. The maximum atomic E-state index is 13.1. The molecule has 6 heteroatoms. The third-order valence-electron chi connectivity index (χ3n) is 5.83. The van der Waals surface area contributed by atoms with Crippen LogP contribution in [0.15, 0.2) is 91.3 Å². The minimum Gasteiger partial charge on any atom is -0.267 e. The van der Waals surface area contributed by atoms with E-state index in [0.717, 1.165) is 41.6 Å². The largest absolute Gasteiger partial charge is 0.280 e. The van der Waals surface area contributed by atoms with Gasteiger partial charge in [0, 0.05) is 20.1 Å². The highest BCUT2D eigenvalue weighted by atomic mass is 79.9. The summed E-state index contributed by atoms with van der Waals surface area (Å²) in [4.78, 5) is 34.8. The second kappa shape index (κ2) is 7.15. The number of fused-ring (bicyclic) bond motifs is 2. The Labute approximate surface area is 198 Å². The van der Waals surface area contributed by atoms with Gasteiger partial charge in [-0.25, -0.2) is 9.97 Å². The molecule has 0 unspecified atom stereocenters. The molecule has 0 amide bonds. The molecule has 2 aliphatic rings. The van der Waals surface area contributed by atoms with E-state index in [-0.39, 0.29) is 10.4 Å². The van der Waals surface area contributed by atoms with Crippen molar-refractivity contribution in [2.45, 2.75) is 0 Å². The molecule has 0 radical (unpaired) electrons. The van der Waals surface area contributed by atoms with Crippen LogP contribution >= 0.6 is 31.9 Å². The maximum Gasteiger partial charge on any atom is 0.280 e. The zero-order valence-corrected chi connectivity index (χ0v) is 19.6. The molecule has 2 heterocycles. The van der Waals surface area contributed by atoms with Gasteiger partial charge in [-0.1, -0.05) is 92.5 Å². The lowest BCUT2D eigenvalue weighted by Gasteiger charge is -2.06. The summed E-state index contributed by atoms with van der Waals surface area (Å²) in [6.07, 6.45) is 0. The Balaban J connectivity index is 1.73. The summed E-state index contributed by atoms with van der Waals surface area (Å²) in [5.74, 6) is 0. The molecule has 0 aromatic heterocycles. The van der Waals surface area contributed by atoms with Gasteiger partial charge in [0.15, 0.2) is 0 Å². The highest BCUT2D eigenvalue weighted by Crippen LogP contribution is 2.35. The van der Waals surface area contributed by atoms with Crippen molar-refractivity contribution in [3.63, 3.8) is 0 Å². The molecule has 0 bridgehead atoms. The van der Waals surface area contributed by atoms with Crippen molar-refractivity contribution < 1.29 is 0 Å². The average Bonchev–Trinajstić information content (AvgIpc) is 3.33. The van der Waals surface area contributed by atoms with Crippen molar-refractivity contribution in [3.8, 4) is 22.5 Å². The first-order chi connectivity index (χ1) is 15.5. The fourth-order valence-electron chi connectivity index (χ4n) is 4.41. The molecule has 0 fully saturated rings. The van der Waals surface area contributed by atoms with Gasteiger partial charge in [-0.15, -0.1) is 0 Å². The quantitative estimate of drug-likeness (QED) is 0.270. The van der Waals surface area contributed by atoms with E-state index in [1.807, 2.05) is 72.8 Å². The number of hydrogen-bond acceptors (Lipinski definition) is 4. The fraction of sp³-hybridized carbons (Fsp3) is 0. The molecule has 0 aliphatic carbocycles. The van der Waals surface area contributed by atoms with Crippen LogP contribution < -0.4 is 11.1 Å². The molecular formula is C26H12Br2N2O2. The van der Waals surface area contributed by atoms with Gasteiger partial charge < -0.3 is 0 Å². The first-order valence-corrected chi connectivity index (χ1v) is 11.5. The molecule has 0 atom stereocenters. The van der Waals surface area contributed by atoms with Gasteiger partial charge in [-0.2, -0.15) is 0 Å². The molecule has 32 heavy (non-hydrogen) atoms. The van der Waals surface area contributed by atoms with E-state index >= 15 is 0 Å². The Bertz CT molecular complexity index is 1720. The Hall–Kier alpha value is -3.22. The molecule has 2 aliphatic heterocycles. The zero-order valence-electron chi connectivity index (χ0n) is 16.4. The first kappa shape index (κ1) is 19.5. The lowest BCUT2D eigenvalue weighted by Crippen LogP contribution is -2.05. The number of benzene rings is 4. The standard InChI is InChI=1S/C26H12Br2N2O2/c27-19-11-9-17(13-5-1-3-7-15(13)19)23-21-22(26(32)29-23)24(30-25(21)31)18-10-12-20(28)16-8-4-2-6-14(16)18/h1-12H. The Morgan fingerprint density at radius 2 is 0.875 bits per heavy atom. The average molecular weight is 544 g/mol. The second-order valence-electron chi connectivity index (χ2n) is 7.56. The number of aromatic nitrogens is 2. The molecule has 152 valence electrons. The summed E-state index contributed by atoms with van der Waals surface area (Å²) in [5.41, 5.74) is 1.40. The van der Waals surface area contributed by atoms with Crippen molar-refractivity contribution in [2.24, 2.45) is 0 Å². The van der Waals surface area contributed by atoms with Gasteiger partial charge in [-0.3, -0.25) is 9.59 Å². The van der Waals surface area contributed by atoms with E-state index in [0.29, 0.717) is 11.4 Å². The number of rotatable bonds is 2. The molecule has 0 saturated heterocycles. The number of halogens is 2. The summed E-state index contributed by atoms with van der Waals surface area (Å²) in [5, 5.41) is 4.36. The smallest absolute Gasteiger partial charge is 0.267 e. The molecule has 0 spiro atoms. The van der Waals surface area contributed by atoms with Gasteiger partial charge in [-0.05, 0) is 33.7 Å². The monoisotopic (exact) mass is 542 g/mol. The highest BCUT2D eigenvalue weighted by molar-refractivity contribution is 9.11. The first-order valence-electron chi connectivity index (χ1n) is 9.91.